The van der Waals surface area contributed by atoms with Gasteiger partial charge in [0.25, 0.3) is 0 Å². The third-order valence-electron chi connectivity index (χ3n) is 4.08. The summed E-state index contributed by atoms with van der Waals surface area (Å²) in [5, 5.41) is 0. The number of nitrogens with zero attached hydrogens (tertiary/aromatic N) is 1. The van der Waals surface area contributed by atoms with Crippen LogP contribution >= 0.6 is 0 Å². The topological polar surface area (TPSA) is 37.4 Å². The Balaban J connectivity index is 2.40. The molecule has 1 fully saturated rings. The molecule has 0 radical (unpaired) electrons. The number of rotatable bonds is 5. The van der Waals surface area contributed by atoms with Gasteiger partial charge in [-0.3, -0.25) is 0 Å². The van der Waals surface area contributed by atoms with Crippen molar-refractivity contribution in [2.45, 2.75) is 37.6 Å². The maximum atomic E-state index is 12.9. The lowest BCUT2D eigenvalue weighted by Crippen LogP contribution is -2.37. The van der Waals surface area contributed by atoms with Crippen LogP contribution in [0.1, 0.15) is 25.3 Å². The van der Waals surface area contributed by atoms with Crippen LogP contribution in [0.4, 0.5) is 0 Å². The largest absolute Gasteiger partial charge is 0.243 e. The minimum Gasteiger partial charge on any atom is -0.207 e. The highest BCUT2D eigenvalue weighted by Gasteiger charge is 2.41. The van der Waals surface area contributed by atoms with Gasteiger partial charge in [0, 0.05) is 18.5 Å². The zero-order valence-electron chi connectivity index (χ0n) is 12.7. The van der Waals surface area contributed by atoms with Gasteiger partial charge in [-0.25, -0.2) is 8.42 Å². The fraction of sp³-hybridized carbons (Fsp3) is 0.412. The standard InChI is InChI=1S/C17H23NO2S/c1-5-7-17-16(6-2)14(4)12-18(17)21(19,20)15-10-8-13(3)9-11-15/h6,8-11,16-17H,2,4-5,7,12H2,1,3H3/t16?,17-/m0/s1. The normalized spacial score (nSPS) is 23.4. The van der Waals surface area contributed by atoms with Gasteiger partial charge in [0.1, 0.15) is 0 Å². The number of sulfonamides is 1. The Bertz CT molecular complexity index is 631. The zero-order valence-corrected chi connectivity index (χ0v) is 13.6. The van der Waals surface area contributed by atoms with Crippen molar-refractivity contribution in [2.75, 3.05) is 6.54 Å². The van der Waals surface area contributed by atoms with Crippen molar-refractivity contribution in [3.05, 3.63) is 54.6 Å². The lowest BCUT2D eigenvalue weighted by atomic mass is 9.94. The van der Waals surface area contributed by atoms with Crippen LogP contribution in [-0.2, 0) is 10.0 Å². The van der Waals surface area contributed by atoms with E-state index in [2.05, 4.69) is 20.1 Å². The molecule has 1 aromatic rings. The smallest absolute Gasteiger partial charge is 0.207 e. The molecule has 21 heavy (non-hydrogen) atoms. The maximum absolute atomic E-state index is 12.9. The summed E-state index contributed by atoms with van der Waals surface area (Å²) in [4.78, 5) is 0.353. The van der Waals surface area contributed by atoms with Crippen molar-refractivity contribution >= 4 is 10.0 Å². The van der Waals surface area contributed by atoms with Gasteiger partial charge in [0.05, 0.1) is 4.90 Å². The SMILES string of the molecule is C=CC1C(=C)CN(S(=O)(=O)c2ccc(C)cc2)[C@H]1CCC. The van der Waals surface area contributed by atoms with Gasteiger partial charge in [-0.15, -0.1) is 6.58 Å². The first-order valence-corrected chi connectivity index (χ1v) is 8.74. The van der Waals surface area contributed by atoms with E-state index in [9.17, 15) is 8.42 Å². The molecular weight excluding hydrogens is 282 g/mol. The number of aryl methyl sites for hydroxylation is 1. The summed E-state index contributed by atoms with van der Waals surface area (Å²) >= 11 is 0. The molecule has 0 bridgehead atoms. The van der Waals surface area contributed by atoms with Gasteiger partial charge in [-0.1, -0.05) is 49.3 Å². The highest BCUT2D eigenvalue weighted by Crippen LogP contribution is 2.36. The summed E-state index contributed by atoms with van der Waals surface area (Å²) < 4.78 is 27.4. The van der Waals surface area contributed by atoms with E-state index in [1.807, 2.05) is 25.1 Å². The molecule has 0 spiro atoms. The molecule has 0 N–H and O–H groups in total. The van der Waals surface area contributed by atoms with E-state index < -0.39 is 10.0 Å². The Morgan fingerprint density at radius 1 is 1.33 bits per heavy atom. The predicted molar refractivity (Wildman–Crippen MR) is 86.6 cm³/mol. The van der Waals surface area contributed by atoms with E-state index >= 15 is 0 Å². The lowest BCUT2D eigenvalue weighted by Gasteiger charge is -2.26. The molecule has 0 aliphatic carbocycles. The van der Waals surface area contributed by atoms with Crippen molar-refractivity contribution in [3.63, 3.8) is 0 Å². The molecule has 1 aromatic carbocycles. The number of benzene rings is 1. The van der Waals surface area contributed by atoms with Gasteiger partial charge < -0.3 is 0 Å². The van der Waals surface area contributed by atoms with Crippen LogP contribution in [0.15, 0.2) is 54.0 Å². The minimum atomic E-state index is -3.48. The van der Waals surface area contributed by atoms with Crippen molar-refractivity contribution < 1.29 is 8.42 Å². The molecule has 1 unspecified atom stereocenters. The molecule has 1 saturated heterocycles. The average Bonchev–Trinajstić information content (AvgIpc) is 2.76. The summed E-state index contributed by atoms with van der Waals surface area (Å²) in [6, 6.07) is 6.95. The fourth-order valence-electron chi connectivity index (χ4n) is 2.93. The Morgan fingerprint density at radius 2 is 1.95 bits per heavy atom. The van der Waals surface area contributed by atoms with Crippen LogP contribution < -0.4 is 0 Å². The van der Waals surface area contributed by atoms with E-state index in [-0.39, 0.29) is 12.0 Å². The van der Waals surface area contributed by atoms with E-state index in [4.69, 9.17) is 0 Å². The second-order valence-electron chi connectivity index (χ2n) is 5.64. The van der Waals surface area contributed by atoms with Crippen molar-refractivity contribution in [3.8, 4) is 0 Å². The molecule has 0 saturated carbocycles. The first-order chi connectivity index (χ1) is 9.91. The van der Waals surface area contributed by atoms with Crippen molar-refractivity contribution in [2.24, 2.45) is 5.92 Å². The van der Waals surface area contributed by atoms with E-state index in [1.54, 1.807) is 16.4 Å². The zero-order chi connectivity index (χ0) is 15.6. The van der Waals surface area contributed by atoms with Crippen molar-refractivity contribution in [1.29, 1.82) is 0 Å². The third kappa shape index (κ3) is 2.97. The van der Waals surface area contributed by atoms with Gasteiger partial charge in [0.2, 0.25) is 10.0 Å². The van der Waals surface area contributed by atoms with Gasteiger partial charge in [-0.05, 0) is 25.5 Å². The summed E-state index contributed by atoms with van der Waals surface area (Å²) in [6.45, 7) is 12.3. The molecule has 1 aliphatic rings. The van der Waals surface area contributed by atoms with Crippen molar-refractivity contribution in [1.82, 2.24) is 4.31 Å². The summed E-state index contributed by atoms with van der Waals surface area (Å²) in [6.07, 6.45) is 3.58. The van der Waals surface area contributed by atoms with E-state index in [0.29, 0.717) is 11.4 Å². The average molecular weight is 305 g/mol. The van der Waals surface area contributed by atoms with Crippen LogP contribution in [0.2, 0.25) is 0 Å². The first-order valence-electron chi connectivity index (χ1n) is 7.30. The minimum absolute atomic E-state index is 0.0465. The highest BCUT2D eigenvalue weighted by atomic mass is 32.2. The fourth-order valence-corrected chi connectivity index (χ4v) is 4.61. The molecule has 1 aliphatic heterocycles. The molecule has 114 valence electrons. The molecule has 0 aromatic heterocycles. The van der Waals surface area contributed by atoms with Crippen LogP contribution in [0.3, 0.4) is 0 Å². The van der Waals surface area contributed by atoms with Crippen LogP contribution in [0, 0.1) is 12.8 Å². The summed E-state index contributed by atoms with van der Waals surface area (Å²) in [7, 11) is -3.48. The lowest BCUT2D eigenvalue weighted by molar-refractivity contribution is 0.342. The summed E-state index contributed by atoms with van der Waals surface area (Å²) in [5.41, 5.74) is 1.98. The van der Waals surface area contributed by atoms with Gasteiger partial charge >= 0.3 is 0 Å². The molecular formula is C17H23NO2S. The van der Waals surface area contributed by atoms with Gasteiger partial charge in [-0.2, -0.15) is 4.31 Å². The van der Waals surface area contributed by atoms with Crippen LogP contribution in [0.5, 0.6) is 0 Å². The van der Waals surface area contributed by atoms with Gasteiger partial charge in [0.15, 0.2) is 0 Å². The third-order valence-corrected chi connectivity index (χ3v) is 5.97. The molecule has 1 heterocycles. The van der Waals surface area contributed by atoms with Crippen LogP contribution in [-0.4, -0.2) is 25.3 Å². The second kappa shape index (κ2) is 6.16. The first kappa shape index (κ1) is 16.0. The molecule has 2 atom stereocenters. The molecule has 0 amide bonds. The Hall–Kier alpha value is -1.39. The highest BCUT2D eigenvalue weighted by molar-refractivity contribution is 7.89. The molecule has 3 nitrogen and oxygen atoms in total. The van der Waals surface area contributed by atoms with E-state index in [0.717, 1.165) is 24.0 Å². The molecule has 4 heteroatoms. The summed E-state index contributed by atoms with van der Waals surface area (Å²) in [5.74, 6) is 0.0465. The molecule has 2 rings (SSSR count). The van der Waals surface area contributed by atoms with E-state index in [1.165, 1.54) is 0 Å². The Labute approximate surface area is 128 Å². The monoisotopic (exact) mass is 305 g/mol. The number of hydrogen-bond acceptors (Lipinski definition) is 2. The quantitative estimate of drug-likeness (QED) is 0.780. The van der Waals surface area contributed by atoms with Crippen LogP contribution in [0.25, 0.3) is 0 Å². The second-order valence-corrected chi connectivity index (χ2v) is 7.53. The number of hydrogen-bond donors (Lipinski definition) is 0. The maximum Gasteiger partial charge on any atom is 0.243 e. The Kier molecular flexibility index (Phi) is 4.69. The predicted octanol–water partition coefficient (Wildman–Crippen LogP) is 3.53. The Morgan fingerprint density at radius 3 is 2.48 bits per heavy atom.